The van der Waals surface area contributed by atoms with Gasteiger partial charge in [0.25, 0.3) is 0 Å². The van der Waals surface area contributed by atoms with Gasteiger partial charge in [0.2, 0.25) is 5.91 Å². The predicted octanol–water partition coefficient (Wildman–Crippen LogP) is 1.96. The molecular formula is C15H20N2O2S. The van der Waals surface area contributed by atoms with Crippen LogP contribution in [0.1, 0.15) is 25.3 Å². The fraction of sp³-hybridized carbons (Fsp3) is 0.467. The van der Waals surface area contributed by atoms with E-state index in [4.69, 9.17) is 22.7 Å². The minimum atomic E-state index is 0.147. The van der Waals surface area contributed by atoms with Gasteiger partial charge in [-0.05, 0) is 37.1 Å². The summed E-state index contributed by atoms with van der Waals surface area (Å²) in [4.78, 5) is 14.2. The van der Waals surface area contributed by atoms with Crippen LogP contribution in [0.4, 0.5) is 0 Å². The lowest BCUT2D eigenvalue weighted by Crippen LogP contribution is -2.42. The second-order valence-corrected chi connectivity index (χ2v) is 5.55. The van der Waals surface area contributed by atoms with Crippen molar-refractivity contribution < 1.29 is 9.53 Å². The first-order valence-corrected chi connectivity index (χ1v) is 7.30. The van der Waals surface area contributed by atoms with Crippen molar-refractivity contribution in [3.05, 3.63) is 29.8 Å². The molecule has 1 aliphatic rings. The number of benzene rings is 1. The molecule has 0 saturated carbocycles. The van der Waals surface area contributed by atoms with Crippen LogP contribution >= 0.6 is 12.2 Å². The molecule has 1 heterocycles. The van der Waals surface area contributed by atoms with E-state index in [0.29, 0.717) is 18.1 Å². The van der Waals surface area contributed by atoms with Gasteiger partial charge in [-0.25, -0.2) is 0 Å². The van der Waals surface area contributed by atoms with Crippen molar-refractivity contribution in [3.63, 3.8) is 0 Å². The van der Waals surface area contributed by atoms with Crippen LogP contribution < -0.4 is 10.5 Å². The number of likely N-dealkylation sites (tertiary alicyclic amines) is 1. The van der Waals surface area contributed by atoms with Crippen molar-refractivity contribution in [2.75, 3.05) is 19.7 Å². The molecule has 5 heteroatoms. The molecule has 0 spiro atoms. The summed E-state index contributed by atoms with van der Waals surface area (Å²) in [6, 6.07) is 7.36. The van der Waals surface area contributed by atoms with Gasteiger partial charge in [0.1, 0.15) is 17.3 Å². The van der Waals surface area contributed by atoms with Gasteiger partial charge >= 0.3 is 0 Å². The molecule has 1 aromatic rings. The number of piperidine rings is 1. The normalized spacial score (nSPS) is 18.9. The van der Waals surface area contributed by atoms with Crippen LogP contribution in [0, 0.1) is 5.92 Å². The fourth-order valence-corrected chi connectivity index (χ4v) is 2.48. The molecule has 1 fully saturated rings. The number of carbonyl (C=O) groups excluding carboxylic acids is 1. The summed E-state index contributed by atoms with van der Waals surface area (Å²) < 4.78 is 5.65. The molecule has 1 atom stereocenters. The summed E-state index contributed by atoms with van der Waals surface area (Å²) in [5, 5.41) is 0. The Labute approximate surface area is 124 Å². The average molecular weight is 292 g/mol. The van der Waals surface area contributed by atoms with Gasteiger partial charge in [0.15, 0.2) is 0 Å². The fourth-order valence-electron chi connectivity index (χ4n) is 2.34. The number of amides is 1. The van der Waals surface area contributed by atoms with Gasteiger partial charge in [-0.2, -0.15) is 0 Å². The van der Waals surface area contributed by atoms with Gasteiger partial charge in [0.05, 0.1) is 6.54 Å². The summed E-state index contributed by atoms with van der Waals surface area (Å²) >= 11 is 4.89. The van der Waals surface area contributed by atoms with Crippen molar-refractivity contribution >= 4 is 23.1 Å². The number of rotatable bonds is 5. The topological polar surface area (TPSA) is 55.6 Å². The summed E-state index contributed by atoms with van der Waals surface area (Å²) in [6.45, 7) is 3.97. The molecule has 4 nitrogen and oxygen atoms in total. The number of ether oxygens (including phenoxy) is 1. The van der Waals surface area contributed by atoms with Crippen molar-refractivity contribution in [2.24, 2.45) is 11.7 Å². The first kappa shape index (κ1) is 14.8. The number of nitrogens with two attached hydrogens (primary N) is 1. The quantitative estimate of drug-likeness (QED) is 0.843. The highest BCUT2D eigenvalue weighted by atomic mass is 32.1. The predicted molar refractivity (Wildman–Crippen MR) is 82.8 cm³/mol. The highest BCUT2D eigenvalue weighted by molar-refractivity contribution is 7.80. The Kier molecular flexibility index (Phi) is 4.95. The molecular weight excluding hydrogens is 272 g/mol. The maximum absolute atomic E-state index is 11.9. The molecule has 0 radical (unpaired) electrons. The van der Waals surface area contributed by atoms with Crippen LogP contribution in [-0.2, 0) is 4.79 Å². The van der Waals surface area contributed by atoms with E-state index in [1.807, 2.05) is 36.1 Å². The lowest BCUT2D eigenvalue weighted by atomic mass is 9.99. The Bertz CT molecular complexity index is 487. The molecule has 0 aliphatic carbocycles. The van der Waals surface area contributed by atoms with E-state index in [1.165, 1.54) is 0 Å². The van der Waals surface area contributed by atoms with E-state index in [2.05, 4.69) is 0 Å². The van der Waals surface area contributed by atoms with Crippen LogP contribution in [0.3, 0.4) is 0 Å². The zero-order valence-electron chi connectivity index (χ0n) is 11.7. The van der Waals surface area contributed by atoms with E-state index in [-0.39, 0.29) is 11.8 Å². The highest BCUT2D eigenvalue weighted by Gasteiger charge is 2.24. The number of carbonyl (C=O) groups is 1. The van der Waals surface area contributed by atoms with Crippen LogP contribution in [0.25, 0.3) is 0 Å². The maximum Gasteiger partial charge on any atom is 0.225 e. The van der Waals surface area contributed by atoms with E-state index in [0.717, 1.165) is 30.7 Å². The molecule has 0 aromatic heterocycles. The van der Waals surface area contributed by atoms with Gasteiger partial charge in [-0.15, -0.1) is 0 Å². The van der Waals surface area contributed by atoms with Crippen molar-refractivity contribution in [3.8, 4) is 5.75 Å². The smallest absolute Gasteiger partial charge is 0.225 e. The van der Waals surface area contributed by atoms with E-state index in [1.54, 1.807) is 0 Å². The van der Waals surface area contributed by atoms with Gasteiger partial charge in [-0.3, -0.25) is 4.79 Å². The second-order valence-electron chi connectivity index (χ2n) is 5.11. The molecule has 108 valence electrons. The van der Waals surface area contributed by atoms with E-state index >= 15 is 0 Å². The van der Waals surface area contributed by atoms with E-state index < -0.39 is 0 Å². The van der Waals surface area contributed by atoms with Crippen molar-refractivity contribution in [2.45, 2.75) is 19.8 Å². The zero-order valence-corrected chi connectivity index (χ0v) is 12.5. The summed E-state index contributed by atoms with van der Waals surface area (Å²) in [5.41, 5.74) is 6.36. The summed E-state index contributed by atoms with van der Waals surface area (Å²) in [5.74, 6) is 1.15. The zero-order chi connectivity index (χ0) is 14.5. The molecule has 2 N–H and O–H groups in total. The molecule has 1 aromatic carbocycles. The van der Waals surface area contributed by atoms with E-state index in [9.17, 15) is 4.79 Å². The molecule has 1 aliphatic heterocycles. The Balaban J connectivity index is 1.80. The van der Waals surface area contributed by atoms with Gasteiger partial charge < -0.3 is 15.4 Å². The third-order valence-electron chi connectivity index (χ3n) is 3.57. The molecule has 20 heavy (non-hydrogen) atoms. The standard InChI is InChI=1S/C15H20N2O2S/c1-11-3-2-8-17(15(11)18)9-10-19-13-6-4-12(5-7-13)14(16)20/h4-7,11H,2-3,8-10H2,1H3,(H2,16,20). The van der Waals surface area contributed by atoms with Gasteiger partial charge in [-0.1, -0.05) is 19.1 Å². The first-order chi connectivity index (χ1) is 9.58. The number of nitrogens with zero attached hydrogens (tertiary/aromatic N) is 1. The highest BCUT2D eigenvalue weighted by Crippen LogP contribution is 2.17. The lowest BCUT2D eigenvalue weighted by molar-refractivity contribution is -0.138. The third kappa shape index (κ3) is 3.70. The number of hydrogen-bond donors (Lipinski definition) is 1. The molecule has 0 bridgehead atoms. The monoisotopic (exact) mass is 292 g/mol. The van der Waals surface area contributed by atoms with Crippen molar-refractivity contribution in [1.29, 1.82) is 0 Å². The van der Waals surface area contributed by atoms with Crippen LogP contribution in [0.2, 0.25) is 0 Å². The molecule has 1 amide bonds. The lowest BCUT2D eigenvalue weighted by Gasteiger charge is -2.30. The maximum atomic E-state index is 11.9. The average Bonchev–Trinajstić information content (AvgIpc) is 2.44. The minimum Gasteiger partial charge on any atom is -0.492 e. The van der Waals surface area contributed by atoms with Crippen LogP contribution in [-0.4, -0.2) is 35.5 Å². The van der Waals surface area contributed by atoms with Gasteiger partial charge in [0, 0.05) is 18.0 Å². The number of hydrogen-bond acceptors (Lipinski definition) is 3. The number of thiocarbonyl (C=S) groups is 1. The van der Waals surface area contributed by atoms with Crippen LogP contribution in [0.5, 0.6) is 5.75 Å². The second kappa shape index (κ2) is 6.70. The Morgan fingerprint density at radius 1 is 1.45 bits per heavy atom. The summed E-state index contributed by atoms with van der Waals surface area (Å²) in [6.07, 6.45) is 2.08. The summed E-state index contributed by atoms with van der Waals surface area (Å²) in [7, 11) is 0. The van der Waals surface area contributed by atoms with Crippen LogP contribution in [0.15, 0.2) is 24.3 Å². The SMILES string of the molecule is CC1CCCN(CCOc2ccc(C(N)=S)cc2)C1=O. The minimum absolute atomic E-state index is 0.147. The molecule has 1 saturated heterocycles. The first-order valence-electron chi connectivity index (χ1n) is 6.89. The molecule has 1 unspecified atom stereocenters. The third-order valence-corrected chi connectivity index (χ3v) is 3.80. The Morgan fingerprint density at radius 2 is 2.15 bits per heavy atom. The Hall–Kier alpha value is -1.62. The van der Waals surface area contributed by atoms with Crippen molar-refractivity contribution in [1.82, 2.24) is 4.90 Å². The Morgan fingerprint density at radius 3 is 2.80 bits per heavy atom. The molecule has 2 rings (SSSR count). The largest absolute Gasteiger partial charge is 0.492 e.